The maximum absolute atomic E-state index is 5.87. The van der Waals surface area contributed by atoms with Crippen molar-refractivity contribution in [3.05, 3.63) is 51.6 Å². The number of benzene rings is 1. The Hall–Kier alpha value is -1.92. The van der Waals surface area contributed by atoms with E-state index in [0.717, 1.165) is 16.2 Å². The molecule has 1 aromatic carbocycles. The van der Waals surface area contributed by atoms with Gasteiger partial charge in [0.2, 0.25) is 4.77 Å². The number of thiophene rings is 1. The Morgan fingerprint density at radius 2 is 2.00 bits per heavy atom. The topological polar surface area (TPSA) is 53.7 Å². The number of nitrogens with one attached hydrogen (secondary N) is 2. The summed E-state index contributed by atoms with van der Waals surface area (Å²) in [5, 5.41) is 7.72. The number of H-pyrrole nitrogens is 2. The third kappa shape index (κ3) is 2.81. The summed E-state index contributed by atoms with van der Waals surface area (Å²) in [5.41, 5.74) is 2.39. The van der Waals surface area contributed by atoms with E-state index in [9.17, 15) is 0 Å². The summed E-state index contributed by atoms with van der Waals surface area (Å²) in [7, 11) is 0. The van der Waals surface area contributed by atoms with Crippen molar-refractivity contribution in [2.75, 3.05) is 0 Å². The third-order valence-electron chi connectivity index (χ3n) is 2.86. The van der Waals surface area contributed by atoms with Crippen molar-refractivity contribution in [2.24, 2.45) is 0 Å². The minimum Gasteiger partial charge on any atom is -0.487 e. The fraction of sp³-hybridized carbons (Fsp3) is 0.143. The van der Waals surface area contributed by atoms with E-state index in [-0.39, 0.29) is 0 Å². The molecule has 6 heteroatoms. The molecule has 0 spiro atoms. The first-order valence-corrected chi connectivity index (χ1v) is 7.42. The van der Waals surface area contributed by atoms with E-state index in [2.05, 4.69) is 46.4 Å². The van der Waals surface area contributed by atoms with Crippen LogP contribution in [0.1, 0.15) is 11.1 Å². The first kappa shape index (κ1) is 13.1. The summed E-state index contributed by atoms with van der Waals surface area (Å²) in [4.78, 5) is 5.16. The highest BCUT2D eigenvalue weighted by Gasteiger charge is 2.11. The van der Waals surface area contributed by atoms with E-state index in [0.29, 0.717) is 17.2 Å². The molecule has 0 aliphatic rings. The van der Waals surface area contributed by atoms with Crippen LogP contribution >= 0.6 is 23.6 Å². The lowest BCUT2D eigenvalue weighted by Gasteiger charge is -2.06. The molecule has 2 aromatic heterocycles. The Morgan fingerprint density at radius 3 is 2.70 bits per heavy atom. The largest absolute Gasteiger partial charge is 0.487 e. The Bertz CT molecular complexity index is 755. The number of rotatable bonds is 4. The van der Waals surface area contributed by atoms with Gasteiger partial charge in [0.15, 0.2) is 5.82 Å². The van der Waals surface area contributed by atoms with Gasteiger partial charge in [-0.15, -0.1) is 11.3 Å². The van der Waals surface area contributed by atoms with Gasteiger partial charge in [-0.05, 0) is 36.2 Å². The van der Waals surface area contributed by atoms with Gasteiger partial charge in [-0.1, -0.05) is 29.8 Å². The van der Waals surface area contributed by atoms with Crippen LogP contribution < -0.4 is 4.74 Å². The van der Waals surface area contributed by atoms with Crippen LogP contribution in [0.3, 0.4) is 0 Å². The molecule has 0 unspecified atom stereocenters. The predicted molar refractivity (Wildman–Crippen MR) is 82.6 cm³/mol. The number of ether oxygens (including phenoxy) is 1. The Labute approximate surface area is 125 Å². The first-order valence-electron chi connectivity index (χ1n) is 6.13. The van der Waals surface area contributed by atoms with Gasteiger partial charge in [0.25, 0.3) is 0 Å². The zero-order valence-electron chi connectivity index (χ0n) is 10.8. The fourth-order valence-corrected chi connectivity index (χ4v) is 2.73. The Kier molecular flexibility index (Phi) is 3.66. The monoisotopic (exact) mass is 303 g/mol. The quantitative estimate of drug-likeness (QED) is 0.714. The van der Waals surface area contributed by atoms with Gasteiger partial charge in [-0.3, -0.25) is 10.2 Å². The average Bonchev–Trinajstić information content (AvgIpc) is 3.06. The summed E-state index contributed by atoms with van der Waals surface area (Å²) in [6.07, 6.45) is 0. The summed E-state index contributed by atoms with van der Waals surface area (Å²) >= 11 is 6.54. The van der Waals surface area contributed by atoms with Gasteiger partial charge in [0.05, 0.1) is 0 Å². The van der Waals surface area contributed by atoms with Crippen LogP contribution in [0.25, 0.3) is 10.7 Å². The van der Waals surface area contributed by atoms with E-state index >= 15 is 0 Å². The lowest BCUT2D eigenvalue weighted by molar-refractivity contribution is 0.308. The molecule has 0 saturated carbocycles. The van der Waals surface area contributed by atoms with E-state index in [1.54, 1.807) is 11.3 Å². The second-order valence-electron chi connectivity index (χ2n) is 4.40. The molecule has 0 amide bonds. The van der Waals surface area contributed by atoms with Crippen molar-refractivity contribution in [3.8, 4) is 16.5 Å². The molecule has 0 saturated heterocycles. The van der Waals surface area contributed by atoms with Crippen molar-refractivity contribution in [3.63, 3.8) is 0 Å². The second kappa shape index (κ2) is 5.60. The molecule has 0 radical (unpaired) electrons. The van der Waals surface area contributed by atoms with Gasteiger partial charge in [0.1, 0.15) is 17.2 Å². The molecular formula is C14H13N3OS2. The predicted octanol–water partition coefficient (Wildman–Crippen LogP) is 4.08. The fourth-order valence-electron chi connectivity index (χ4n) is 1.81. The lowest BCUT2D eigenvalue weighted by Crippen LogP contribution is -1.95. The maximum Gasteiger partial charge on any atom is 0.213 e. The van der Waals surface area contributed by atoms with E-state index < -0.39 is 0 Å². The van der Waals surface area contributed by atoms with Crippen molar-refractivity contribution in [1.82, 2.24) is 15.2 Å². The van der Waals surface area contributed by atoms with Crippen LogP contribution in [0.2, 0.25) is 0 Å². The van der Waals surface area contributed by atoms with Crippen molar-refractivity contribution >= 4 is 23.6 Å². The van der Waals surface area contributed by atoms with E-state index in [1.807, 2.05) is 11.4 Å². The highest BCUT2D eigenvalue weighted by atomic mass is 32.1. The van der Waals surface area contributed by atoms with E-state index in [1.165, 1.54) is 5.56 Å². The minimum absolute atomic E-state index is 0.442. The molecule has 0 aliphatic heterocycles. The third-order valence-corrected chi connectivity index (χ3v) is 3.96. The highest BCUT2D eigenvalue weighted by molar-refractivity contribution is 7.71. The highest BCUT2D eigenvalue weighted by Crippen LogP contribution is 2.33. The molecule has 4 nitrogen and oxygen atoms in total. The van der Waals surface area contributed by atoms with Gasteiger partial charge in [-0.25, -0.2) is 0 Å². The molecular weight excluding hydrogens is 290 g/mol. The first-order chi connectivity index (χ1) is 9.72. The van der Waals surface area contributed by atoms with Crippen molar-refractivity contribution < 1.29 is 4.74 Å². The van der Waals surface area contributed by atoms with Gasteiger partial charge in [-0.2, -0.15) is 4.98 Å². The molecule has 102 valence electrons. The smallest absolute Gasteiger partial charge is 0.213 e. The maximum atomic E-state index is 5.87. The van der Waals surface area contributed by atoms with Crippen LogP contribution in [0, 0.1) is 11.7 Å². The zero-order valence-corrected chi connectivity index (χ0v) is 12.5. The summed E-state index contributed by atoms with van der Waals surface area (Å²) in [6, 6.07) is 10.3. The van der Waals surface area contributed by atoms with Crippen LogP contribution in [-0.4, -0.2) is 15.2 Å². The molecule has 0 bridgehead atoms. The molecule has 2 heterocycles. The molecule has 0 fully saturated rings. The summed E-state index contributed by atoms with van der Waals surface area (Å²) in [6.45, 7) is 2.61. The van der Waals surface area contributed by atoms with E-state index in [4.69, 9.17) is 17.0 Å². The van der Waals surface area contributed by atoms with Crippen LogP contribution in [0.4, 0.5) is 0 Å². The molecule has 20 heavy (non-hydrogen) atoms. The summed E-state index contributed by atoms with van der Waals surface area (Å²) in [5.74, 6) is 1.53. The van der Waals surface area contributed by atoms with Crippen LogP contribution in [0.15, 0.2) is 35.7 Å². The van der Waals surface area contributed by atoms with Crippen LogP contribution in [-0.2, 0) is 6.61 Å². The SMILES string of the molecule is Cc1ccc(COc2ccsc2-c2nc(=S)[nH][nH]2)cc1. The number of hydrogen-bond acceptors (Lipinski definition) is 4. The number of hydrogen-bond donors (Lipinski definition) is 2. The second-order valence-corrected chi connectivity index (χ2v) is 5.71. The lowest BCUT2D eigenvalue weighted by atomic mass is 10.2. The number of aromatic amines is 2. The summed E-state index contributed by atoms with van der Waals surface area (Å²) < 4.78 is 6.31. The van der Waals surface area contributed by atoms with Gasteiger partial charge >= 0.3 is 0 Å². The van der Waals surface area contributed by atoms with Crippen molar-refractivity contribution in [1.29, 1.82) is 0 Å². The number of aromatic nitrogens is 3. The Morgan fingerprint density at radius 1 is 1.20 bits per heavy atom. The standard InChI is InChI=1S/C14H13N3OS2/c1-9-2-4-10(5-3-9)8-18-11-6-7-20-12(11)13-15-14(19)17-16-13/h2-7H,8H2,1H3,(H2,15,16,17,19). The molecule has 2 N–H and O–H groups in total. The zero-order chi connectivity index (χ0) is 13.9. The molecule has 3 rings (SSSR count). The van der Waals surface area contributed by atoms with Gasteiger partial charge in [0, 0.05) is 0 Å². The molecule has 0 aliphatic carbocycles. The molecule has 3 aromatic rings. The number of nitrogens with zero attached hydrogens (tertiary/aromatic N) is 1. The average molecular weight is 303 g/mol. The normalized spacial score (nSPS) is 10.7. The minimum atomic E-state index is 0.442. The number of aryl methyl sites for hydroxylation is 1. The van der Waals surface area contributed by atoms with Crippen LogP contribution in [0.5, 0.6) is 5.75 Å². The van der Waals surface area contributed by atoms with Crippen molar-refractivity contribution in [2.45, 2.75) is 13.5 Å². The van der Waals surface area contributed by atoms with Gasteiger partial charge < -0.3 is 4.74 Å². The Balaban J connectivity index is 1.77. The molecule has 0 atom stereocenters.